The number of nitrogens with two attached hydrogens (primary N) is 1. The van der Waals surface area contributed by atoms with Crippen molar-refractivity contribution >= 4 is 33.2 Å². The summed E-state index contributed by atoms with van der Waals surface area (Å²) in [6, 6.07) is 1.18. The third-order valence-corrected chi connectivity index (χ3v) is 4.80. The molecule has 1 rings (SSSR count). The molecule has 106 valence electrons. The maximum Gasteiger partial charge on any atom is 0.308 e. The minimum atomic E-state index is -3.82. The topological polar surface area (TPSA) is 118 Å². The fraction of sp³-hybridized carbons (Fsp3) is 0.400. The lowest BCUT2D eigenvalue weighted by Gasteiger charge is -2.18. The molecule has 1 amide bonds. The van der Waals surface area contributed by atoms with Crippen LogP contribution in [0.4, 0.5) is 0 Å². The lowest BCUT2D eigenvalue weighted by molar-refractivity contribution is -0.141. The minimum absolute atomic E-state index is 0.0364. The normalized spacial score (nSPS) is 13.0. The molecule has 0 aliphatic rings. The number of amides is 1. The van der Waals surface area contributed by atoms with E-state index in [1.807, 2.05) is 0 Å². The Labute approximate surface area is 114 Å². The number of aliphatic carboxylic acids is 1. The summed E-state index contributed by atoms with van der Waals surface area (Å²) in [6.07, 6.45) is 0. The lowest BCUT2D eigenvalue weighted by Crippen LogP contribution is -2.33. The van der Waals surface area contributed by atoms with E-state index in [0.29, 0.717) is 0 Å². The molecule has 0 radical (unpaired) electrons. The molecule has 19 heavy (non-hydrogen) atoms. The number of hydrogen-bond acceptors (Lipinski definition) is 5. The second kappa shape index (κ2) is 5.68. The number of hydrogen-bond donors (Lipinski definition) is 2. The first kappa shape index (κ1) is 15.6. The third-order valence-electron chi connectivity index (χ3n) is 2.42. The molecule has 0 spiro atoms. The summed E-state index contributed by atoms with van der Waals surface area (Å²) in [6.45, 7) is 1.52. The largest absolute Gasteiger partial charge is 0.481 e. The van der Waals surface area contributed by atoms with Crippen molar-refractivity contribution in [2.24, 2.45) is 11.1 Å². The molecule has 1 aromatic heterocycles. The highest BCUT2D eigenvalue weighted by Gasteiger charge is 2.21. The Hall–Kier alpha value is -1.45. The van der Waals surface area contributed by atoms with Crippen LogP contribution in [0.2, 0.25) is 0 Å². The van der Waals surface area contributed by atoms with Gasteiger partial charge in [0.2, 0.25) is 10.0 Å². The number of carbonyl (C=O) groups excluding carboxylic acids is 1. The zero-order valence-electron chi connectivity index (χ0n) is 10.4. The average Bonchev–Trinajstić information content (AvgIpc) is 2.76. The van der Waals surface area contributed by atoms with E-state index < -0.39 is 27.8 Å². The maximum atomic E-state index is 11.9. The summed E-state index contributed by atoms with van der Waals surface area (Å²) < 4.78 is 22.1. The number of carboxylic acid groups (broad SMARTS) is 1. The summed E-state index contributed by atoms with van der Waals surface area (Å²) >= 11 is 0.851. The van der Waals surface area contributed by atoms with Crippen molar-refractivity contribution in [3.8, 4) is 0 Å². The molecule has 0 bridgehead atoms. The highest BCUT2D eigenvalue weighted by atomic mass is 32.2. The Morgan fingerprint density at radius 2 is 2.11 bits per heavy atom. The van der Waals surface area contributed by atoms with Crippen LogP contribution in [0.3, 0.4) is 0 Å². The van der Waals surface area contributed by atoms with E-state index in [0.717, 1.165) is 11.3 Å². The van der Waals surface area contributed by atoms with Gasteiger partial charge in [0.15, 0.2) is 0 Å². The molecule has 0 aliphatic heterocycles. The number of thiophene rings is 1. The molecule has 7 nitrogen and oxygen atoms in total. The van der Waals surface area contributed by atoms with E-state index in [9.17, 15) is 18.0 Å². The maximum absolute atomic E-state index is 11.9. The van der Waals surface area contributed by atoms with Gasteiger partial charge in [-0.05, 0) is 6.07 Å². The van der Waals surface area contributed by atoms with Crippen LogP contribution in [0, 0.1) is 5.92 Å². The zero-order valence-corrected chi connectivity index (χ0v) is 12.0. The number of carboxylic acids is 1. The number of sulfonamides is 1. The molecule has 1 heterocycles. The number of carbonyl (C=O) groups is 2. The molecule has 0 saturated carbocycles. The van der Waals surface area contributed by atoms with E-state index >= 15 is 0 Å². The predicted molar refractivity (Wildman–Crippen MR) is 69.5 cm³/mol. The van der Waals surface area contributed by atoms with Gasteiger partial charge in [0, 0.05) is 19.0 Å². The molecule has 0 aromatic carbocycles. The summed E-state index contributed by atoms with van der Waals surface area (Å²) in [4.78, 5) is 23.9. The van der Waals surface area contributed by atoms with E-state index in [1.165, 1.54) is 30.3 Å². The number of rotatable bonds is 5. The predicted octanol–water partition coefficient (Wildman–Crippen LogP) is 0.188. The Morgan fingerprint density at radius 3 is 2.53 bits per heavy atom. The van der Waals surface area contributed by atoms with Crippen LogP contribution in [-0.4, -0.2) is 43.9 Å². The van der Waals surface area contributed by atoms with Crippen molar-refractivity contribution < 1.29 is 23.1 Å². The highest BCUT2D eigenvalue weighted by Crippen LogP contribution is 2.20. The summed E-state index contributed by atoms with van der Waals surface area (Å²) in [7, 11) is -2.37. The van der Waals surface area contributed by atoms with Crippen molar-refractivity contribution in [3.05, 3.63) is 17.0 Å². The van der Waals surface area contributed by atoms with Gasteiger partial charge in [-0.25, -0.2) is 13.6 Å². The van der Waals surface area contributed by atoms with E-state index in [2.05, 4.69) is 0 Å². The molecule has 9 heteroatoms. The van der Waals surface area contributed by atoms with E-state index in [-0.39, 0.29) is 16.3 Å². The van der Waals surface area contributed by atoms with Gasteiger partial charge >= 0.3 is 5.97 Å². The SMILES string of the molecule is CC(CN(C)C(=O)c1csc(S(N)(=O)=O)c1)C(=O)O. The van der Waals surface area contributed by atoms with Crippen LogP contribution >= 0.6 is 11.3 Å². The molecule has 1 atom stereocenters. The van der Waals surface area contributed by atoms with Crippen LogP contribution in [0.5, 0.6) is 0 Å². The van der Waals surface area contributed by atoms with Gasteiger partial charge < -0.3 is 10.0 Å². The molecule has 1 unspecified atom stereocenters. The first-order valence-electron chi connectivity index (χ1n) is 5.22. The first-order chi connectivity index (χ1) is 8.62. The molecule has 0 fully saturated rings. The third kappa shape index (κ3) is 4.01. The molecule has 0 aliphatic carbocycles. The van der Waals surface area contributed by atoms with Crippen molar-refractivity contribution in [1.82, 2.24) is 4.90 Å². The monoisotopic (exact) mass is 306 g/mol. The van der Waals surface area contributed by atoms with Crippen molar-refractivity contribution in [2.45, 2.75) is 11.1 Å². The quantitative estimate of drug-likeness (QED) is 0.805. The van der Waals surface area contributed by atoms with Gasteiger partial charge in [-0.3, -0.25) is 9.59 Å². The fourth-order valence-electron chi connectivity index (χ4n) is 1.37. The van der Waals surface area contributed by atoms with Crippen molar-refractivity contribution in [1.29, 1.82) is 0 Å². The molecular weight excluding hydrogens is 292 g/mol. The first-order valence-corrected chi connectivity index (χ1v) is 7.65. The molecular formula is C10H14N2O5S2. The lowest BCUT2D eigenvalue weighted by atomic mass is 10.1. The molecule has 0 saturated heterocycles. The van der Waals surface area contributed by atoms with Crippen LogP contribution < -0.4 is 5.14 Å². The van der Waals surface area contributed by atoms with Gasteiger partial charge in [0.05, 0.1) is 11.5 Å². The minimum Gasteiger partial charge on any atom is -0.481 e. The van der Waals surface area contributed by atoms with E-state index in [1.54, 1.807) is 0 Å². The number of nitrogens with zero attached hydrogens (tertiary/aromatic N) is 1. The Bertz CT molecular complexity index is 593. The van der Waals surface area contributed by atoms with Crippen molar-refractivity contribution in [2.75, 3.05) is 13.6 Å². The van der Waals surface area contributed by atoms with Crippen LogP contribution in [0.15, 0.2) is 15.7 Å². The fourth-order valence-corrected chi connectivity index (χ4v) is 2.95. The second-order valence-corrected chi connectivity index (χ2v) is 6.82. The van der Waals surface area contributed by atoms with Crippen LogP contribution in [-0.2, 0) is 14.8 Å². The van der Waals surface area contributed by atoms with Crippen LogP contribution in [0.1, 0.15) is 17.3 Å². The van der Waals surface area contributed by atoms with Gasteiger partial charge in [0.1, 0.15) is 4.21 Å². The van der Waals surface area contributed by atoms with Gasteiger partial charge in [-0.15, -0.1) is 11.3 Å². The summed E-state index contributed by atoms with van der Waals surface area (Å²) in [5.41, 5.74) is 0.175. The number of primary sulfonamides is 1. The van der Waals surface area contributed by atoms with E-state index in [4.69, 9.17) is 10.2 Å². The highest BCUT2D eigenvalue weighted by molar-refractivity contribution is 7.91. The standard InChI is InChI=1S/C10H14N2O5S2/c1-6(10(14)15)4-12(2)9(13)7-3-8(18-5-7)19(11,16)17/h3,5-6H,4H2,1-2H3,(H,14,15)(H2,11,16,17). The average molecular weight is 306 g/mol. The summed E-state index contributed by atoms with van der Waals surface area (Å²) in [5.74, 6) is -2.15. The second-order valence-electron chi connectivity index (χ2n) is 4.12. The Balaban J connectivity index is 2.83. The van der Waals surface area contributed by atoms with Gasteiger partial charge in [-0.1, -0.05) is 6.92 Å². The molecule has 1 aromatic rings. The Morgan fingerprint density at radius 1 is 1.53 bits per heavy atom. The smallest absolute Gasteiger partial charge is 0.308 e. The van der Waals surface area contributed by atoms with Gasteiger partial charge in [0.25, 0.3) is 5.91 Å². The van der Waals surface area contributed by atoms with Gasteiger partial charge in [-0.2, -0.15) is 0 Å². The van der Waals surface area contributed by atoms with Crippen molar-refractivity contribution in [3.63, 3.8) is 0 Å². The Kier molecular flexibility index (Phi) is 4.66. The van der Waals surface area contributed by atoms with Crippen LogP contribution in [0.25, 0.3) is 0 Å². The zero-order chi connectivity index (χ0) is 14.8. The molecule has 3 N–H and O–H groups in total. The summed E-state index contributed by atoms with van der Waals surface area (Å²) in [5, 5.41) is 15.1.